The highest BCUT2D eigenvalue weighted by Crippen LogP contribution is 2.39. The van der Waals surface area contributed by atoms with Crippen LogP contribution in [0, 0.1) is 6.92 Å². The Morgan fingerprint density at radius 3 is 2.68 bits per heavy atom. The molecule has 9 heteroatoms. The Morgan fingerprint density at radius 1 is 1.32 bits per heavy atom. The lowest BCUT2D eigenvalue weighted by atomic mass is 10.2. The first-order chi connectivity index (χ1) is 15.1. The Bertz CT molecular complexity index is 1380. The van der Waals surface area contributed by atoms with E-state index >= 15 is 0 Å². The van der Waals surface area contributed by atoms with Gasteiger partial charge in [0.25, 0.3) is 5.91 Å². The second-order valence-electron chi connectivity index (χ2n) is 8.58. The van der Waals surface area contributed by atoms with E-state index in [-0.39, 0.29) is 5.91 Å². The van der Waals surface area contributed by atoms with Gasteiger partial charge >= 0.3 is 0 Å². The zero-order valence-corrected chi connectivity index (χ0v) is 18.7. The van der Waals surface area contributed by atoms with Crippen LogP contribution < -0.4 is 5.49 Å². The van der Waals surface area contributed by atoms with Crippen molar-refractivity contribution < 1.29 is 4.79 Å². The second-order valence-corrected chi connectivity index (χ2v) is 9.41. The van der Waals surface area contributed by atoms with Gasteiger partial charge in [0.1, 0.15) is 22.4 Å². The molecule has 2 saturated carbocycles. The minimum atomic E-state index is 0.153. The van der Waals surface area contributed by atoms with Crippen LogP contribution in [0.1, 0.15) is 48.8 Å². The van der Waals surface area contributed by atoms with Crippen molar-refractivity contribution in [1.29, 1.82) is 0 Å². The smallest absolute Gasteiger partial charge is 0.271 e. The van der Waals surface area contributed by atoms with Crippen molar-refractivity contribution in [2.24, 2.45) is 12.0 Å². The minimum absolute atomic E-state index is 0.153. The molecule has 31 heavy (non-hydrogen) atoms. The van der Waals surface area contributed by atoms with Crippen molar-refractivity contribution in [3.63, 3.8) is 0 Å². The molecule has 4 aromatic rings. The maximum atomic E-state index is 13.7. The van der Waals surface area contributed by atoms with Gasteiger partial charge in [-0.2, -0.15) is 4.99 Å². The van der Waals surface area contributed by atoms with E-state index in [1.165, 1.54) is 11.3 Å². The summed E-state index contributed by atoms with van der Waals surface area (Å²) in [5.41, 5.74) is 5.13. The number of amides is 1. The third-order valence-electron chi connectivity index (χ3n) is 6.28. The molecule has 0 aliphatic heterocycles. The highest BCUT2D eigenvalue weighted by Gasteiger charge is 2.43. The lowest BCUT2D eigenvalue weighted by Gasteiger charge is -2.23. The van der Waals surface area contributed by atoms with Crippen LogP contribution in [0.2, 0.25) is 0 Å². The minimum Gasteiger partial charge on any atom is -0.342 e. The highest BCUT2D eigenvalue weighted by molar-refractivity contribution is 7.13. The Balaban J connectivity index is 1.61. The number of H-pyrrole nitrogens is 1. The number of aryl methyl sites for hydroxylation is 3. The number of aromatic nitrogens is 5. The fourth-order valence-electron chi connectivity index (χ4n) is 4.59. The van der Waals surface area contributed by atoms with Crippen LogP contribution in [0.4, 0.5) is 5.13 Å². The van der Waals surface area contributed by atoms with Gasteiger partial charge in [-0.3, -0.25) is 4.79 Å². The summed E-state index contributed by atoms with van der Waals surface area (Å²) in [7, 11) is 2.00. The Kier molecular flexibility index (Phi) is 4.11. The number of carbonyl (C=O) groups excluding carboxylic acids is 1. The number of rotatable bonds is 5. The number of hydrogen-bond acceptors (Lipinski definition) is 5. The van der Waals surface area contributed by atoms with Gasteiger partial charge in [-0.1, -0.05) is 0 Å². The molecule has 0 unspecified atom stereocenters. The molecule has 8 nitrogen and oxygen atoms in total. The number of imidazole rings is 1. The summed E-state index contributed by atoms with van der Waals surface area (Å²) in [6.07, 6.45) is 6.21. The molecular weight excluding hydrogens is 410 g/mol. The van der Waals surface area contributed by atoms with Crippen molar-refractivity contribution >= 4 is 44.4 Å². The fourth-order valence-corrected chi connectivity index (χ4v) is 5.26. The molecule has 0 atom stereocenters. The third-order valence-corrected chi connectivity index (χ3v) is 7.13. The Hall–Kier alpha value is -2.94. The van der Waals surface area contributed by atoms with Crippen molar-refractivity contribution in [3.05, 3.63) is 34.6 Å². The van der Waals surface area contributed by atoms with Crippen LogP contribution in [0.5, 0.6) is 0 Å². The maximum Gasteiger partial charge on any atom is 0.271 e. The molecule has 0 aromatic carbocycles. The molecule has 0 bridgehead atoms. The number of carbonyl (C=O) groups is 1. The van der Waals surface area contributed by atoms with Gasteiger partial charge in [0.05, 0.1) is 12.0 Å². The number of nitrogens with zero attached hydrogens (tertiary/aromatic N) is 6. The lowest BCUT2D eigenvalue weighted by molar-refractivity contribution is 0.0719. The maximum absolute atomic E-state index is 13.7. The number of hydrogen-bond donors (Lipinski definition) is 1. The fraction of sp³-hybridized carbons (Fsp3) is 0.455. The quantitative estimate of drug-likeness (QED) is 0.519. The van der Waals surface area contributed by atoms with E-state index < -0.39 is 0 Å². The van der Waals surface area contributed by atoms with E-state index in [0.717, 1.165) is 64.6 Å². The van der Waals surface area contributed by atoms with Gasteiger partial charge < -0.3 is 19.0 Å². The van der Waals surface area contributed by atoms with Crippen molar-refractivity contribution in [1.82, 2.24) is 29.0 Å². The van der Waals surface area contributed by atoms with Crippen LogP contribution in [-0.4, -0.2) is 47.0 Å². The van der Waals surface area contributed by atoms with E-state index in [0.29, 0.717) is 23.8 Å². The second kappa shape index (κ2) is 6.78. The zero-order valence-electron chi connectivity index (χ0n) is 17.9. The Labute approximate surface area is 183 Å². The van der Waals surface area contributed by atoms with E-state index in [2.05, 4.69) is 35.9 Å². The predicted molar refractivity (Wildman–Crippen MR) is 121 cm³/mol. The molecule has 1 amide bonds. The van der Waals surface area contributed by atoms with Gasteiger partial charge in [-0.15, -0.1) is 11.3 Å². The SMILES string of the molecule is CCn1c(C(=O)N(C2CC2)C2CC2)cc2c3nc[nH]c3c(=Nc3nc(C)cs3)n(C)c21. The molecule has 6 rings (SSSR count). The van der Waals surface area contributed by atoms with Gasteiger partial charge in [-0.25, -0.2) is 9.97 Å². The first-order valence-electron chi connectivity index (χ1n) is 10.9. The molecule has 2 fully saturated rings. The summed E-state index contributed by atoms with van der Waals surface area (Å²) in [6.45, 7) is 4.76. The number of nitrogens with one attached hydrogen (secondary N) is 1. The molecule has 0 saturated heterocycles. The molecule has 2 aliphatic rings. The molecule has 160 valence electrons. The molecule has 4 aromatic heterocycles. The van der Waals surface area contributed by atoms with E-state index in [1.54, 1.807) is 6.33 Å². The van der Waals surface area contributed by atoms with Gasteiger partial charge in [0, 0.05) is 36.4 Å². The molecule has 2 aliphatic carbocycles. The number of fused-ring (bicyclic) bond motifs is 3. The summed E-state index contributed by atoms with van der Waals surface area (Å²) in [5, 5.41) is 3.69. The van der Waals surface area contributed by atoms with Crippen LogP contribution >= 0.6 is 11.3 Å². The largest absolute Gasteiger partial charge is 0.342 e. The first kappa shape index (κ1) is 18.8. The predicted octanol–water partition coefficient (Wildman–Crippen LogP) is 3.64. The molecule has 0 spiro atoms. The van der Waals surface area contributed by atoms with Crippen LogP contribution in [0.15, 0.2) is 22.8 Å². The summed E-state index contributed by atoms with van der Waals surface area (Å²) in [4.78, 5) is 33.0. The summed E-state index contributed by atoms with van der Waals surface area (Å²) < 4.78 is 4.18. The third kappa shape index (κ3) is 2.94. The number of pyridine rings is 1. The van der Waals surface area contributed by atoms with Crippen molar-refractivity contribution in [2.45, 2.75) is 58.2 Å². The van der Waals surface area contributed by atoms with E-state index in [1.807, 2.05) is 25.4 Å². The van der Waals surface area contributed by atoms with E-state index in [4.69, 9.17) is 4.99 Å². The number of thiazole rings is 1. The average molecular weight is 436 g/mol. The molecule has 1 N–H and O–H groups in total. The van der Waals surface area contributed by atoms with Gasteiger partial charge in [-0.05, 0) is 45.6 Å². The highest BCUT2D eigenvalue weighted by atomic mass is 32.1. The normalized spacial score (nSPS) is 17.2. The van der Waals surface area contributed by atoms with Gasteiger partial charge in [0.15, 0.2) is 5.49 Å². The Morgan fingerprint density at radius 2 is 2.06 bits per heavy atom. The first-order valence-corrected chi connectivity index (χ1v) is 11.8. The summed E-state index contributed by atoms with van der Waals surface area (Å²) in [6, 6.07) is 2.86. The standard InChI is InChI=1S/C22H25N7OS/c1-4-28-16(21(30)29(13-5-6-13)14-7-8-14)9-15-17-18(24-11-23-17)19(27(3)20(15)28)26-22-25-12(2)10-31-22/h9-11,13-14H,4-8H2,1-3H3,(H,23,24). The molecule has 0 radical (unpaired) electrons. The summed E-state index contributed by atoms with van der Waals surface area (Å²) >= 11 is 1.52. The van der Waals surface area contributed by atoms with E-state index in [9.17, 15) is 4.79 Å². The lowest BCUT2D eigenvalue weighted by Crippen LogP contribution is -2.36. The van der Waals surface area contributed by atoms with Crippen LogP contribution in [-0.2, 0) is 13.6 Å². The average Bonchev–Trinajstić information content (AvgIpc) is 3.64. The number of aromatic amines is 1. The van der Waals surface area contributed by atoms with Gasteiger partial charge in [0.2, 0.25) is 5.13 Å². The van der Waals surface area contributed by atoms with Crippen LogP contribution in [0.25, 0.3) is 22.1 Å². The molecular formula is C22H25N7OS. The van der Waals surface area contributed by atoms with Crippen molar-refractivity contribution in [3.8, 4) is 0 Å². The zero-order chi connectivity index (χ0) is 21.3. The summed E-state index contributed by atoms with van der Waals surface area (Å²) in [5.74, 6) is 0.153. The van der Waals surface area contributed by atoms with Crippen molar-refractivity contribution in [2.75, 3.05) is 0 Å². The van der Waals surface area contributed by atoms with Crippen LogP contribution in [0.3, 0.4) is 0 Å². The monoisotopic (exact) mass is 435 g/mol. The molecule has 4 heterocycles. The topological polar surface area (TPSA) is 84.1 Å².